The molecule has 0 saturated heterocycles. The number of rotatable bonds is 6. The SMILES string of the molecule is CCCc1csc(NC(=O)NCC2(CO)CC2)n1. The summed E-state index contributed by atoms with van der Waals surface area (Å²) in [5, 5.41) is 17.2. The van der Waals surface area contributed by atoms with E-state index < -0.39 is 0 Å². The zero-order valence-electron chi connectivity index (χ0n) is 10.5. The average Bonchev–Trinajstić information content (AvgIpc) is 3.03. The first kappa shape index (κ1) is 13.3. The molecule has 1 heterocycles. The van der Waals surface area contributed by atoms with E-state index in [2.05, 4.69) is 22.5 Å². The summed E-state index contributed by atoms with van der Waals surface area (Å²) >= 11 is 1.44. The van der Waals surface area contributed by atoms with Gasteiger partial charge in [-0.2, -0.15) is 0 Å². The van der Waals surface area contributed by atoms with Crippen LogP contribution in [0.4, 0.5) is 9.93 Å². The summed E-state index contributed by atoms with van der Waals surface area (Å²) in [6.07, 6.45) is 3.96. The monoisotopic (exact) mass is 269 g/mol. The Morgan fingerprint density at radius 1 is 1.61 bits per heavy atom. The van der Waals surface area contributed by atoms with Crippen molar-refractivity contribution in [1.82, 2.24) is 10.3 Å². The van der Waals surface area contributed by atoms with Crippen molar-refractivity contribution in [2.24, 2.45) is 5.41 Å². The highest BCUT2D eigenvalue weighted by Crippen LogP contribution is 2.44. The number of hydrogen-bond acceptors (Lipinski definition) is 4. The minimum atomic E-state index is -0.243. The van der Waals surface area contributed by atoms with Crippen LogP contribution in [0, 0.1) is 5.41 Å². The number of thiazole rings is 1. The molecule has 1 saturated carbocycles. The molecule has 0 radical (unpaired) electrons. The number of urea groups is 1. The minimum absolute atomic E-state index is 0.0619. The van der Waals surface area contributed by atoms with E-state index in [4.69, 9.17) is 5.11 Å². The second kappa shape index (κ2) is 5.67. The normalized spacial score (nSPS) is 16.3. The molecule has 1 aromatic heterocycles. The molecule has 2 amide bonds. The first-order chi connectivity index (χ1) is 8.67. The number of aliphatic hydroxyl groups is 1. The molecule has 0 atom stereocenters. The van der Waals surface area contributed by atoms with Crippen LogP contribution in [-0.4, -0.2) is 29.3 Å². The lowest BCUT2D eigenvalue weighted by Gasteiger charge is -2.12. The number of nitrogens with one attached hydrogen (secondary N) is 2. The number of aromatic nitrogens is 1. The largest absolute Gasteiger partial charge is 0.396 e. The van der Waals surface area contributed by atoms with E-state index in [-0.39, 0.29) is 18.1 Å². The predicted molar refractivity (Wildman–Crippen MR) is 71.9 cm³/mol. The smallest absolute Gasteiger partial charge is 0.321 e. The number of anilines is 1. The summed E-state index contributed by atoms with van der Waals surface area (Å²) in [5.41, 5.74) is 0.958. The molecule has 0 unspecified atom stereocenters. The molecule has 18 heavy (non-hydrogen) atoms. The molecule has 1 aliphatic rings. The summed E-state index contributed by atoms with van der Waals surface area (Å²) in [4.78, 5) is 16.0. The molecule has 6 heteroatoms. The first-order valence-electron chi connectivity index (χ1n) is 6.27. The third-order valence-corrected chi connectivity index (χ3v) is 4.00. The molecule has 0 aromatic carbocycles. The van der Waals surface area contributed by atoms with Gasteiger partial charge in [0.1, 0.15) is 0 Å². The fourth-order valence-corrected chi connectivity index (χ4v) is 2.45. The molecule has 5 nitrogen and oxygen atoms in total. The average molecular weight is 269 g/mol. The van der Waals surface area contributed by atoms with E-state index in [0.29, 0.717) is 11.7 Å². The summed E-state index contributed by atoms with van der Waals surface area (Å²) in [6, 6.07) is -0.243. The van der Waals surface area contributed by atoms with Crippen molar-refractivity contribution < 1.29 is 9.90 Å². The molecule has 100 valence electrons. The van der Waals surface area contributed by atoms with Gasteiger partial charge in [0.15, 0.2) is 5.13 Å². The number of aliphatic hydroxyl groups excluding tert-OH is 1. The highest BCUT2D eigenvalue weighted by atomic mass is 32.1. The Kier molecular flexibility index (Phi) is 4.19. The highest BCUT2D eigenvalue weighted by molar-refractivity contribution is 7.13. The van der Waals surface area contributed by atoms with Crippen LogP contribution in [0.2, 0.25) is 0 Å². The summed E-state index contributed by atoms with van der Waals surface area (Å²) < 4.78 is 0. The van der Waals surface area contributed by atoms with Gasteiger partial charge in [0, 0.05) is 17.3 Å². The van der Waals surface area contributed by atoms with Gasteiger partial charge in [-0.3, -0.25) is 5.32 Å². The van der Waals surface area contributed by atoms with Gasteiger partial charge in [-0.1, -0.05) is 13.3 Å². The Morgan fingerprint density at radius 3 is 3.00 bits per heavy atom. The molecular weight excluding hydrogens is 250 g/mol. The van der Waals surface area contributed by atoms with Crippen LogP contribution in [0.1, 0.15) is 31.9 Å². The van der Waals surface area contributed by atoms with Crippen molar-refractivity contribution in [1.29, 1.82) is 0 Å². The van der Waals surface area contributed by atoms with Crippen LogP contribution >= 0.6 is 11.3 Å². The zero-order chi connectivity index (χ0) is 13.0. The standard InChI is InChI=1S/C12H19N3O2S/c1-2-3-9-6-18-11(14-9)15-10(17)13-7-12(8-16)4-5-12/h6,16H,2-5,7-8H2,1H3,(H2,13,14,15,17). The lowest BCUT2D eigenvalue weighted by Crippen LogP contribution is -2.35. The van der Waals surface area contributed by atoms with E-state index in [1.165, 1.54) is 11.3 Å². The van der Waals surface area contributed by atoms with E-state index in [1.54, 1.807) is 0 Å². The number of hydrogen-bond donors (Lipinski definition) is 3. The summed E-state index contributed by atoms with van der Waals surface area (Å²) in [7, 11) is 0. The number of amides is 2. The molecule has 0 spiro atoms. The van der Waals surface area contributed by atoms with Crippen molar-refractivity contribution >= 4 is 22.5 Å². The van der Waals surface area contributed by atoms with Gasteiger partial charge in [0.2, 0.25) is 0 Å². The third kappa shape index (κ3) is 3.43. The second-order valence-electron chi connectivity index (χ2n) is 4.86. The maximum atomic E-state index is 11.6. The predicted octanol–water partition coefficient (Wildman–Crippen LogP) is 1.99. The molecule has 1 aliphatic carbocycles. The van der Waals surface area contributed by atoms with Crippen molar-refractivity contribution in [3.63, 3.8) is 0 Å². The Morgan fingerprint density at radius 2 is 2.39 bits per heavy atom. The lowest BCUT2D eigenvalue weighted by atomic mass is 10.1. The van der Waals surface area contributed by atoms with Crippen LogP contribution in [0.5, 0.6) is 0 Å². The number of nitrogens with zero attached hydrogens (tertiary/aromatic N) is 1. The van der Waals surface area contributed by atoms with Crippen LogP contribution in [0.25, 0.3) is 0 Å². The highest BCUT2D eigenvalue weighted by Gasteiger charge is 2.42. The molecule has 1 fully saturated rings. The maximum absolute atomic E-state index is 11.6. The van der Waals surface area contributed by atoms with E-state index in [1.807, 2.05) is 5.38 Å². The Hall–Kier alpha value is -1.14. The van der Waals surface area contributed by atoms with Gasteiger partial charge in [-0.15, -0.1) is 11.3 Å². The van der Waals surface area contributed by atoms with Gasteiger partial charge in [0.25, 0.3) is 0 Å². The van der Waals surface area contributed by atoms with Crippen molar-refractivity contribution in [2.45, 2.75) is 32.6 Å². The van der Waals surface area contributed by atoms with E-state index in [0.717, 1.165) is 31.4 Å². The Balaban J connectivity index is 1.76. The van der Waals surface area contributed by atoms with Crippen molar-refractivity contribution in [2.75, 3.05) is 18.5 Å². The van der Waals surface area contributed by atoms with E-state index in [9.17, 15) is 4.79 Å². The van der Waals surface area contributed by atoms with Crippen LogP contribution in [0.15, 0.2) is 5.38 Å². The van der Waals surface area contributed by atoms with Gasteiger partial charge in [-0.05, 0) is 19.3 Å². The van der Waals surface area contributed by atoms with E-state index >= 15 is 0 Å². The molecular formula is C12H19N3O2S. The second-order valence-corrected chi connectivity index (χ2v) is 5.72. The molecule has 0 aliphatic heterocycles. The van der Waals surface area contributed by atoms with Gasteiger partial charge < -0.3 is 10.4 Å². The fourth-order valence-electron chi connectivity index (χ4n) is 1.71. The summed E-state index contributed by atoms with van der Waals surface area (Å²) in [5.74, 6) is 0. The Labute approximate surface area is 111 Å². The maximum Gasteiger partial charge on any atom is 0.321 e. The van der Waals surface area contributed by atoms with Gasteiger partial charge in [0.05, 0.1) is 12.3 Å². The zero-order valence-corrected chi connectivity index (χ0v) is 11.3. The first-order valence-corrected chi connectivity index (χ1v) is 7.15. The van der Waals surface area contributed by atoms with Crippen molar-refractivity contribution in [3.05, 3.63) is 11.1 Å². The fraction of sp³-hybridized carbons (Fsp3) is 0.667. The van der Waals surface area contributed by atoms with Crippen molar-refractivity contribution in [3.8, 4) is 0 Å². The number of aryl methyl sites for hydroxylation is 1. The molecule has 1 aromatic rings. The van der Waals surface area contributed by atoms with Gasteiger partial charge >= 0.3 is 6.03 Å². The third-order valence-electron chi connectivity index (χ3n) is 3.19. The topological polar surface area (TPSA) is 74.2 Å². The molecule has 3 N–H and O–H groups in total. The van der Waals surface area contributed by atoms with Crippen LogP contribution < -0.4 is 10.6 Å². The van der Waals surface area contributed by atoms with Gasteiger partial charge in [-0.25, -0.2) is 9.78 Å². The number of carbonyl (C=O) groups excluding carboxylic acids is 1. The Bertz CT molecular complexity index is 415. The molecule has 2 rings (SSSR count). The lowest BCUT2D eigenvalue weighted by molar-refractivity contribution is 0.206. The number of carbonyl (C=O) groups is 1. The minimum Gasteiger partial charge on any atom is -0.396 e. The molecule has 0 bridgehead atoms. The summed E-state index contributed by atoms with van der Waals surface area (Å²) in [6.45, 7) is 2.77. The quantitative estimate of drug-likeness (QED) is 0.739. The van der Waals surface area contributed by atoms with Crippen LogP contribution in [-0.2, 0) is 6.42 Å². The van der Waals surface area contributed by atoms with Crippen LogP contribution in [0.3, 0.4) is 0 Å².